The molecule has 1 amide bonds. The van der Waals surface area contributed by atoms with Gasteiger partial charge in [0, 0.05) is 18.8 Å². The Morgan fingerprint density at radius 2 is 1.86 bits per heavy atom. The Balaban J connectivity index is 2.02. The normalized spacial score (nSPS) is 12.3. The van der Waals surface area contributed by atoms with Crippen LogP contribution in [0.2, 0.25) is 0 Å². The molecule has 0 radical (unpaired) electrons. The van der Waals surface area contributed by atoms with E-state index in [4.69, 9.17) is 9.47 Å². The first-order chi connectivity index (χ1) is 13.2. The second-order valence-corrected chi connectivity index (χ2v) is 7.93. The second kappa shape index (κ2) is 9.52. The van der Waals surface area contributed by atoms with E-state index in [1.165, 1.54) is 42.5 Å². The van der Waals surface area contributed by atoms with Crippen molar-refractivity contribution in [3.63, 3.8) is 0 Å². The summed E-state index contributed by atoms with van der Waals surface area (Å²) in [5.41, 5.74) is 0.806. The molecule has 2 rings (SSSR count). The zero-order valence-corrected chi connectivity index (χ0v) is 16.7. The van der Waals surface area contributed by atoms with Gasteiger partial charge in [0.05, 0.1) is 11.5 Å². The first-order valence-corrected chi connectivity index (χ1v) is 9.99. The quantitative estimate of drug-likeness (QED) is 0.662. The van der Waals surface area contributed by atoms with Crippen LogP contribution in [0.15, 0.2) is 47.4 Å². The maximum absolute atomic E-state index is 13.0. The van der Waals surface area contributed by atoms with Gasteiger partial charge in [-0.1, -0.05) is 0 Å². The van der Waals surface area contributed by atoms with Crippen LogP contribution in [-0.2, 0) is 19.6 Å². The van der Waals surface area contributed by atoms with Gasteiger partial charge in [-0.2, -0.15) is 0 Å². The van der Waals surface area contributed by atoms with Gasteiger partial charge in [0.25, 0.3) is 15.9 Å². The molecule has 0 heterocycles. The molecule has 28 heavy (non-hydrogen) atoms. The largest absolute Gasteiger partial charge is 0.484 e. The van der Waals surface area contributed by atoms with Crippen molar-refractivity contribution in [2.45, 2.75) is 24.8 Å². The van der Waals surface area contributed by atoms with Crippen molar-refractivity contribution in [3.05, 3.63) is 53.8 Å². The van der Waals surface area contributed by atoms with Gasteiger partial charge in [0.15, 0.2) is 6.61 Å². The molecule has 7 nitrogen and oxygen atoms in total. The number of hydrogen-bond acceptors (Lipinski definition) is 5. The monoisotopic (exact) mass is 410 g/mol. The number of carbonyl (C=O) groups excluding carboxylic acids is 1. The first-order valence-electron chi connectivity index (χ1n) is 8.51. The third kappa shape index (κ3) is 6.21. The van der Waals surface area contributed by atoms with Crippen LogP contribution in [0.5, 0.6) is 5.75 Å². The maximum atomic E-state index is 13.0. The van der Waals surface area contributed by atoms with E-state index >= 15 is 0 Å². The molecule has 0 aliphatic carbocycles. The summed E-state index contributed by atoms with van der Waals surface area (Å²) in [5.74, 6) is -0.366. The maximum Gasteiger partial charge on any atom is 0.261 e. The number of benzene rings is 2. The highest BCUT2D eigenvalue weighted by molar-refractivity contribution is 7.92. The molecular weight excluding hydrogens is 387 g/mol. The molecular formula is C19H23FN2O5S. The summed E-state index contributed by atoms with van der Waals surface area (Å²) in [6.45, 7) is 3.67. The average Bonchev–Trinajstić information content (AvgIpc) is 2.62. The van der Waals surface area contributed by atoms with E-state index in [-0.39, 0.29) is 29.1 Å². The van der Waals surface area contributed by atoms with Crippen molar-refractivity contribution < 1.29 is 27.1 Å². The lowest BCUT2D eigenvalue weighted by molar-refractivity contribution is -0.124. The zero-order chi connectivity index (χ0) is 20.7. The van der Waals surface area contributed by atoms with Crippen LogP contribution in [0.4, 0.5) is 10.1 Å². The summed E-state index contributed by atoms with van der Waals surface area (Å²) in [6, 6.07) is 9.15. The number of anilines is 1. The van der Waals surface area contributed by atoms with Crippen molar-refractivity contribution in [1.82, 2.24) is 5.32 Å². The minimum absolute atomic E-state index is 0.0276. The highest BCUT2D eigenvalue weighted by Gasteiger charge is 2.16. The van der Waals surface area contributed by atoms with Gasteiger partial charge in [0.2, 0.25) is 0 Å². The van der Waals surface area contributed by atoms with Gasteiger partial charge < -0.3 is 14.8 Å². The molecule has 0 fully saturated rings. The average molecular weight is 410 g/mol. The number of aryl methyl sites for hydroxylation is 1. The number of sulfonamides is 1. The second-order valence-electron chi connectivity index (χ2n) is 6.25. The summed E-state index contributed by atoms with van der Waals surface area (Å²) in [7, 11) is -2.30. The summed E-state index contributed by atoms with van der Waals surface area (Å²) < 4.78 is 50.7. The lowest BCUT2D eigenvalue weighted by Gasteiger charge is -2.14. The Bertz CT molecular complexity index is 916. The van der Waals surface area contributed by atoms with E-state index in [9.17, 15) is 17.6 Å². The number of ether oxygens (including phenoxy) is 2. The van der Waals surface area contributed by atoms with E-state index in [0.29, 0.717) is 17.9 Å². The number of carbonyl (C=O) groups is 1. The van der Waals surface area contributed by atoms with E-state index in [1.54, 1.807) is 21.0 Å². The number of nitrogens with one attached hydrogen (secondary N) is 2. The van der Waals surface area contributed by atoms with Crippen molar-refractivity contribution >= 4 is 21.6 Å². The van der Waals surface area contributed by atoms with Crippen molar-refractivity contribution in [3.8, 4) is 5.75 Å². The van der Waals surface area contributed by atoms with Crippen molar-refractivity contribution in [1.29, 1.82) is 0 Å². The summed E-state index contributed by atoms with van der Waals surface area (Å²) >= 11 is 0. The highest BCUT2D eigenvalue weighted by atomic mass is 32.2. The van der Waals surface area contributed by atoms with Crippen LogP contribution in [0.3, 0.4) is 0 Å². The molecule has 0 spiro atoms. The van der Waals surface area contributed by atoms with Gasteiger partial charge in [-0.25, -0.2) is 12.8 Å². The topological polar surface area (TPSA) is 93.7 Å². The van der Waals surface area contributed by atoms with Gasteiger partial charge in [-0.05, 0) is 61.9 Å². The first kappa shape index (κ1) is 21.6. The Morgan fingerprint density at radius 1 is 1.18 bits per heavy atom. The number of rotatable bonds is 9. The molecule has 1 atom stereocenters. The molecule has 0 aliphatic rings. The molecule has 0 aromatic heterocycles. The Kier molecular flexibility index (Phi) is 7.36. The molecule has 0 bridgehead atoms. The summed E-state index contributed by atoms with van der Waals surface area (Å²) in [5, 5.41) is 2.72. The summed E-state index contributed by atoms with van der Waals surface area (Å²) in [6.07, 6.45) is 0. The van der Waals surface area contributed by atoms with Crippen LogP contribution in [-0.4, -0.2) is 40.7 Å². The van der Waals surface area contributed by atoms with Gasteiger partial charge >= 0.3 is 0 Å². The number of halogens is 1. The number of amides is 1. The number of methoxy groups -OCH3 is 1. The molecule has 0 aliphatic heterocycles. The smallest absolute Gasteiger partial charge is 0.261 e. The van der Waals surface area contributed by atoms with E-state index in [2.05, 4.69) is 10.0 Å². The minimum Gasteiger partial charge on any atom is -0.484 e. The zero-order valence-electron chi connectivity index (χ0n) is 15.9. The lowest BCUT2D eigenvalue weighted by atomic mass is 10.2. The van der Waals surface area contributed by atoms with Crippen LogP contribution < -0.4 is 14.8 Å². The Morgan fingerprint density at radius 3 is 2.46 bits per heavy atom. The fourth-order valence-electron chi connectivity index (χ4n) is 2.43. The molecule has 2 aromatic rings. The minimum atomic E-state index is -3.84. The van der Waals surface area contributed by atoms with Gasteiger partial charge in [0.1, 0.15) is 11.6 Å². The third-order valence-electron chi connectivity index (χ3n) is 3.74. The molecule has 0 saturated heterocycles. The van der Waals surface area contributed by atoms with Gasteiger partial charge in [-0.15, -0.1) is 0 Å². The molecule has 2 aromatic carbocycles. The fraction of sp³-hybridized carbons (Fsp3) is 0.316. The molecule has 0 unspecified atom stereocenters. The Hall–Kier alpha value is -2.65. The SMILES string of the molecule is COC[C@@H](C)NC(=O)COc1ccc(S(=O)(=O)Nc2ccc(F)cc2)cc1C. The molecule has 0 saturated carbocycles. The van der Waals surface area contributed by atoms with Crippen LogP contribution in [0.1, 0.15) is 12.5 Å². The van der Waals surface area contributed by atoms with Crippen LogP contribution >= 0.6 is 0 Å². The number of hydrogen-bond donors (Lipinski definition) is 2. The van der Waals surface area contributed by atoms with Crippen molar-refractivity contribution in [2.24, 2.45) is 0 Å². The van der Waals surface area contributed by atoms with E-state index in [1.807, 2.05) is 0 Å². The lowest BCUT2D eigenvalue weighted by Crippen LogP contribution is -2.38. The van der Waals surface area contributed by atoms with E-state index < -0.39 is 15.8 Å². The predicted molar refractivity (Wildman–Crippen MR) is 103 cm³/mol. The van der Waals surface area contributed by atoms with Gasteiger partial charge in [-0.3, -0.25) is 9.52 Å². The fourth-order valence-corrected chi connectivity index (χ4v) is 3.58. The van der Waals surface area contributed by atoms with Crippen LogP contribution in [0, 0.1) is 12.7 Å². The molecule has 2 N–H and O–H groups in total. The highest BCUT2D eigenvalue weighted by Crippen LogP contribution is 2.23. The molecule has 9 heteroatoms. The summed E-state index contributed by atoms with van der Waals surface area (Å²) in [4.78, 5) is 11.9. The van der Waals surface area contributed by atoms with E-state index in [0.717, 1.165) is 0 Å². The van der Waals surface area contributed by atoms with Crippen molar-refractivity contribution in [2.75, 3.05) is 25.0 Å². The standard InChI is InChI=1S/C19H23FN2O5S/c1-13-10-17(28(24,25)22-16-6-4-15(20)5-7-16)8-9-18(13)27-12-19(23)21-14(2)11-26-3/h4-10,14,22H,11-12H2,1-3H3,(H,21,23)/t14-/m1/s1. The molecule has 152 valence electrons. The third-order valence-corrected chi connectivity index (χ3v) is 5.11. The Labute approximate surface area is 163 Å². The predicted octanol–water partition coefficient (Wildman–Crippen LogP) is 2.46. The van der Waals surface area contributed by atoms with Crippen LogP contribution in [0.25, 0.3) is 0 Å².